The van der Waals surface area contributed by atoms with Crippen molar-refractivity contribution in [2.75, 3.05) is 40.1 Å². The second-order valence-corrected chi connectivity index (χ2v) is 5.07. The molecule has 0 saturated carbocycles. The van der Waals surface area contributed by atoms with Crippen LogP contribution in [0.1, 0.15) is 6.92 Å². The number of benzene rings is 1. The van der Waals surface area contributed by atoms with Crippen molar-refractivity contribution in [2.45, 2.75) is 13.0 Å². The lowest BCUT2D eigenvalue weighted by Gasteiger charge is -2.24. The van der Waals surface area contributed by atoms with Gasteiger partial charge in [-0.15, -0.1) is 0 Å². The van der Waals surface area contributed by atoms with E-state index in [4.69, 9.17) is 4.74 Å². The van der Waals surface area contributed by atoms with Crippen LogP contribution in [-0.2, 0) is 9.59 Å². The predicted octanol–water partition coefficient (Wildman–Crippen LogP) is 1.04. The van der Waals surface area contributed by atoms with E-state index in [0.717, 1.165) is 0 Å². The standard InChI is InChI=1S/C15H23N3O3/c1-11(18(4)10-14(19)17(2)3)15(20)16-12-8-6-7-9-13(12)21-5/h6-9,11H,10H2,1-5H3,(H,16,20)/t11-/m1/s1. The van der Waals surface area contributed by atoms with Crippen LogP contribution in [0.25, 0.3) is 0 Å². The van der Waals surface area contributed by atoms with Crippen molar-refractivity contribution in [1.82, 2.24) is 9.80 Å². The van der Waals surface area contributed by atoms with E-state index in [0.29, 0.717) is 11.4 Å². The van der Waals surface area contributed by atoms with Crippen LogP contribution in [0.4, 0.5) is 5.69 Å². The third-order valence-corrected chi connectivity index (χ3v) is 3.29. The second kappa shape index (κ2) is 7.64. The topological polar surface area (TPSA) is 61.9 Å². The molecule has 0 aliphatic heterocycles. The number of hydrogen-bond donors (Lipinski definition) is 1. The first-order chi connectivity index (χ1) is 9.86. The van der Waals surface area contributed by atoms with Crippen LogP contribution >= 0.6 is 0 Å². The Bertz CT molecular complexity index is 503. The van der Waals surface area contributed by atoms with Gasteiger partial charge in [0, 0.05) is 14.1 Å². The van der Waals surface area contributed by atoms with Crippen LogP contribution in [0.2, 0.25) is 0 Å². The third kappa shape index (κ3) is 4.75. The quantitative estimate of drug-likeness (QED) is 0.851. The van der Waals surface area contributed by atoms with E-state index in [9.17, 15) is 9.59 Å². The minimum absolute atomic E-state index is 0.0468. The van der Waals surface area contributed by atoms with E-state index in [1.807, 2.05) is 12.1 Å². The van der Waals surface area contributed by atoms with Crippen LogP contribution in [-0.4, -0.2) is 62.5 Å². The molecule has 0 aliphatic rings. The van der Waals surface area contributed by atoms with Crippen LogP contribution < -0.4 is 10.1 Å². The highest BCUT2D eigenvalue weighted by atomic mass is 16.5. The summed E-state index contributed by atoms with van der Waals surface area (Å²) in [5, 5.41) is 2.81. The van der Waals surface area contributed by atoms with Crippen molar-refractivity contribution in [3.05, 3.63) is 24.3 Å². The van der Waals surface area contributed by atoms with Gasteiger partial charge in [-0.1, -0.05) is 12.1 Å². The molecule has 21 heavy (non-hydrogen) atoms. The minimum atomic E-state index is -0.432. The molecule has 1 N–H and O–H groups in total. The Morgan fingerprint density at radius 2 is 1.86 bits per heavy atom. The van der Waals surface area contributed by atoms with Gasteiger partial charge in [-0.25, -0.2) is 0 Å². The molecular weight excluding hydrogens is 270 g/mol. The fraction of sp³-hybridized carbons (Fsp3) is 0.467. The Balaban J connectivity index is 2.68. The zero-order valence-electron chi connectivity index (χ0n) is 13.2. The van der Waals surface area contributed by atoms with Crippen LogP contribution in [0.5, 0.6) is 5.75 Å². The number of nitrogens with zero attached hydrogens (tertiary/aromatic N) is 2. The lowest BCUT2D eigenvalue weighted by molar-refractivity contribution is -0.131. The van der Waals surface area contributed by atoms with Gasteiger partial charge in [0.25, 0.3) is 0 Å². The van der Waals surface area contributed by atoms with Crippen molar-refractivity contribution in [3.63, 3.8) is 0 Å². The van der Waals surface area contributed by atoms with Gasteiger partial charge in [-0.2, -0.15) is 0 Å². The summed E-state index contributed by atoms with van der Waals surface area (Å²) in [4.78, 5) is 27.1. The monoisotopic (exact) mass is 293 g/mol. The van der Waals surface area contributed by atoms with Gasteiger partial charge < -0.3 is 15.0 Å². The molecule has 0 saturated heterocycles. The molecule has 0 radical (unpaired) electrons. The van der Waals surface area contributed by atoms with Gasteiger partial charge in [-0.3, -0.25) is 14.5 Å². The van der Waals surface area contributed by atoms with Crippen molar-refractivity contribution in [2.24, 2.45) is 0 Å². The number of anilines is 1. The highest BCUT2D eigenvalue weighted by Crippen LogP contribution is 2.23. The fourth-order valence-electron chi connectivity index (χ4n) is 1.68. The summed E-state index contributed by atoms with van der Waals surface area (Å²) in [5.41, 5.74) is 0.615. The zero-order chi connectivity index (χ0) is 16.0. The first-order valence-electron chi connectivity index (χ1n) is 6.71. The molecule has 0 aliphatic carbocycles. The van der Waals surface area contributed by atoms with Gasteiger partial charge >= 0.3 is 0 Å². The van der Waals surface area contributed by atoms with Gasteiger partial charge in [-0.05, 0) is 26.1 Å². The van der Waals surface area contributed by atoms with Crippen molar-refractivity contribution < 1.29 is 14.3 Å². The normalized spacial score (nSPS) is 11.9. The first kappa shape index (κ1) is 17.0. The number of carbonyl (C=O) groups excluding carboxylic acids is 2. The largest absolute Gasteiger partial charge is 0.495 e. The highest BCUT2D eigenvalue weighted by Gasteiger charge is 2.21. The van der Waals surface area contributed by atoms with Crippen molar-refractivity contribution in [1.29, 1.82) is 0 Å². The summed E-state index contributed by atoms with van der Waals surface area (Å²) in [6, 6.07) is 6.77. The number of rotatable bonds is 6. The Labute approximate surface area is 125 Å². The molecule has 0 spiro atoms. The van der Waals surface area contributed by atoms with Crippen molar-refractivity contribution in [3.8, 4) is 5.75 Å². The average molecular weight is 293 g/mol. The van der Waals surface area contributed by atoms with Crippen molar-refractivity contribution >= 4 is 17.5 Å². The summed E-state index contributed by atoms with van der Waals surface area (Å²) in [6.07, 6.45) is 0. The van der Waals surface area contributed by atoms with E-state index in [1.54, 1.807) is 52.2 Å². The van der Waals surface area contributed by atoms with E-state index in [2.05, 4.69) is 5.32 Å². The van der Waals surface area contributed by atoms with Gasteiger partial charge in [0.2, 0.25) is 11.8 Å². The molecule has 0 unspecified atom stereocenters. The number of para-hydroxylation sites is 2. The minimum Gasteiger partial charge on any atom is -0.495 e. The lowest BCUT2D eigenvalue weighted by Crippen LogP contribution is -2.44. The van der Waals surface area contributed by atoms with E-state index >= 15 is 0 Å². The maximum Gasteiger partial charge on any atom is 0.241 e. The Hall–Kier alpha value is -2.08. The highest BCUT2D eigenvalue weighted by molar-refractivity contribution is 5.96. The molecule has 1 aromatic carbocycles. The smallest absolute Gasteiger partial charge is 0.241 e. The molecule has 0 fully saturated rings. The zero-order valence-corrected chi connectivity index (χ0v) is 13.2. The number of nitrogens with one attached hydrogen (secondary N) is 1. The number of carbonyl (C=O) groups is 2. The Kier molecular flexibility index (Phi) is 6.17. The molecule has 1 rings (SSSR count). The molecule has 1 atom stereocenters. The third-order valence-electron chi connectivity index (χ3n) is 3.29. The fourth-order valence-corrected chi connectivity index (χ4v) is 1.68. The summed E-state index contributed by atoms with van der Waals surface area (Å²) < 4.78 is 5.19. The van der Waals surface area contributed by atoms with Gasteiger partial charge in [0.05, 0.1) is 25.4 Å². The lowest BCUT2D eigenvalue weighted by atomic mass is 10.2. The number of ether oxygens (including phenoxy) is 1. The van der Waals surface area contributed by atoms with Crippen LogP contribution in [0.3, 0.4) is 0 Å². The second-order valence-electron chi connectivity index (χ2n) is 5.07. The van der Waals surface area contributed by atoms with Crippen LogP contribution in [0, 0.1) is 0 Å². The number of hydrogen-bond acceptors (Lipinski definition) is 4. The Morgan fingerprint density at radius 3 is 2.43 bits per heavy atom. The van der Waals surface area contributed by atoms with E-state index < -0.39 is 6.04 Å². The number of methoxy groups -OCH3 is 1. The molecule has 6 heteroatoms. The average Bonchev–Trinajstić information content (AvgIpc) is 2.46. The summed E-state index contributed by atoms with van der Waals surface area (Å²) in [5.74, 6) is 0.369. The SMILES string of the molecule is COc1ccccc1NC(=O)[C@@H](C)N(C)CC(=O)N(C)C. The maximum atomic E-state index is 12.2. The summed E-state index contributed by atoms with van der Waals surface area (Å²) in [6.45, 7) is 1.95. The molecule has 0 bridgehead atoms. The van der Waals surface area contributed by atoms with Gasteiger partial charge in [0.15, 0.2) is 0 Å². The first-order valence-corrected chi connectivity index (χ1v) is 6.71. The molecule has 1 aromatic rings. The molecule has 0 heterocycles. The predicted molar refractivity (Wildman–Crippen MR) is 82.4 cm³/mol. The summed E-state index contributed by atoms with van der Waals surface area (Å²) in [7, 11) is 6.68. The van der Waals surface area contributed by atoms with E-state index in [-0.39, 0.29) is 18.4 Å². The molecule has 6 nitrogen and oxygen atoms in total. The maximum absolute atomic E-state index is 12.2. The van der Waals surface area contributed by atoms with E-state index in [1.165, 1.54) is 4.90 Å². The number of likely N-dealkylation sites (N-methyl/N-ethyl adjacent to an activating group) is 2. The van der Waals surface area contributed by atoms with Gasteiger partial charge in [0.1, 0.15) is 5.75 Å². The molecule has 2 amide bonds. The molecular formula is C15H23N3O3. The Morgan fingerprint density at radius 1 is 1.24 bits per heavy atom. The molecule has 116 valence electrons. The molecule has 0 aromatic heterocycles. The summed E-state index contributed by atoms with van der Waals surface area (Å²) >= 11 is 0. The number of amides is 2. The van der Waals surface area contributed by atoms with Crippen LogP contribution in [0.15, 0.2) is 24.3 Å².